The zero-order valence-electron chi connectivity index (χ0n) is 13.5. The average Bonchev–Trinajstić information content (AvgIpc) is 2.49. The molecule has 0 aliphatic rings. The van der Waals surface area contributed by atoms with Gasteiger partial charge in [0.15, 0.2) is 0 Å². The Morgan fingerprint density at radius 2 is 1.90 bits per heavy atom. The van der Waals surface area contributed by atoms with Gasteiger partial charge in [-0.05, 0) is 25.5 Å². The summed E-state index contributed by atoms with van der Waals surface area (Å²) in [6, 6.07) is 7.48. The molecule has 3 nitrogen and oxygen atoms in total. The molecule has 1 aromatic rings. The SMILES string of the molecule is CC.CC=Nc1ccccc1C(=O)N(C)CCCCC. The molecule has 0 heterocycles. The molecule has 0 saturated carbocycles. The van der Waals surface area contributed by atoms with Crippen molar-refractivity contribution in [2.75, 3.05) is 13.6 Å². The maximum absolute atomic E-state index is 12.3. The van der Waals surface area contributed by atoms with Crippen molar-refractivity contribution < 1.29 is 4.79 Å². The van der Waals surface area contributed by atoms with E-state index in [1.165, 1.54) is 6.42 Å². The normalized spacial score (nSPS) is 10.1. The maximum Gasteiger partial charge on any atom is 0.255 e. The minimum Gasteiger partial charge on any atom is -0.342 e. The summed E-state index contributed by atoms with van der Waals surface area (Å²) in [6.07, 6.45) is 5.09. The molecule has 1 rings (SSSR count). The van der Waals surface area contributed by atoms with Crippen LogP contribution in [0.5, 0.6) is 0 Å². The standard InChI is InChI=1S/C15H22N2O.C2H6/c1-4-6-9-12-17(3)15(18)13-10-7-8-11-14(13)16-5-2;1-2/h5,7-8,10-11H,4,6,9,12H2,1-3H3;1-2H3. The van der Waals surface area contributed by atoms with E-state index in [1.54, 1.807) is 11.1 Å². The van der Waals surface area contributed by atoms with E-state index in [0.29, 0.717) is 5.56 Å². The Balaban J connectivity index is 0.00000172. The van der Waals surface area contributed by atoms with Crippen LogP contribution in [0.2, 0.25) is 0 Å². The summed E-state index contributed by atoms with van der Waals surface area (Å²) >= 11 is 0. The lowest BCUT2D eigenvalue weighted by molar-refractivity contribution is 0.0793. The van der Waals surface area contributed by atoms with Crippen LogP contribution in [-0.2, 0) is 0 Å². The third kappa shape index (κ3) is 6.00. The predicted molar refractivity (Wildman–Crippen MR) is 88.1 cm³/mol. The number of hydrogen-bond acceptors (Lipinski definition) is 2. The van der Waals surface area contributed by atoms with E-state index >= 15 is 0 Å². The molecular formula is C17H28N2O. The average molecular weight is 276 g/mol. The number of carbonyl (C=O) groups is 1. The van der Waals surface area contributed by atoms with Gasteiger partial charge in [0.05, 0.1) is 11.3 Å². The largest absolute Gasteiger partial charge is 0.342 e. The fourth-order valence-corrected chi connectivity index (χ4v) is 1.81. The van der Waals surface area contributed by atoms with Gasteiger partial charge in [0.1, 0.15) is 0 Å². The molecule has 0 fully saturated rings. The highest BCUT2D eigenvalue weighted by molar-refractivity contribution is 5.99. The second-order valence-electron chi connectivity index (χ2n) is 4.34. The summed E-state index contributed by atoms with van der Waals surface area (Å²) in [7, 11) is 1.85. The third-order valence-corrected chi connectivity index (χ3v) is 2.85. The Morgan fingerprint density at radius 3 is 2.50 bits per heavy atom. The van der Waals surface area contributed by atoms with Gasteiger partial charge in [0, 0.05) is 19.8 Å². The van der Waals surface area contributed by atoms with Gasteiger partial charge in [0.25, 0.3) is 5.91 Å². The molecular weight excluding hydrogens is 248 g/mol. The number of benzene rings is 1. The summed E-state index contributed by atoms with van der Waals surface area (Å²) in [5.41, 5.74) is 1.42. The Hall–Kier alpha value is -1.64. The van der Waals surface area contributed by atoms with Crippen LogP contribution < -0.4 is 0 Å². The van der Waals surface area contributed by atoms with E-state index in [0.717, 1.165) is 25.1 Å². The van der Waals surface area contributed by atoms with Crippen molar-refractivity contribution in [2.45, 2.75) is 47.0 Å². The Kier molecular flexibility index (Phi) is 10.3. The first-order valence-corrected chi connectivity index (χ1v) is 7.53. The van der Waals surface area contributed by atoms with Gasteiger partial charge in [-0.15, -0.1) is 0 Å². The van der Waals surface area contributed by atoms with E-state index in [9.17, 15) is 4.79 Å². The van der Waals surface area contributed by atoms with Gasteiger partial charge in [-0.1, -0.05) is 45.7 Å². The van der Waals surface area contributed by atoms with E-state index in [-0.39, 0.29) is 5.91 Å². The molecule has 3 heteroatoms. The molecule has 0 N–H and O–H groups in total. The van der Waals surface area contributed by atoms with Crippen molar-refractivity contribution in [3.05, 3.63) is 29.8 Å². The van der Waals surface area contributed by atoms with Crippen LogP contribution >= 0.6 is 0 Å². The molecule has 112 valence electrons. The molecule has 0 unspecified atom stereocenters. The number of unbranched alkanes of at least 4 members (excludes halogenated alkanes) is 2. The van der Waals surface area contributed by atoms with E-state index in [2.05, 4.69) is 11.9 Å². The summed E-state index contributed by atoms with van der Waals surface area (Å²) in [4.78, 5) is 18.3. The van der Waals surface area contributed by atoms with Crippen molar-refractivity contribution in [1.82, 2.24) is 4.90 Å². The topological polar surface area (TPSA) is 32.7 Å². The molecule has 20 heavy (non-hydrogen) atoms. The van der Waals surface area contributed by atoms with Crippen LogP contribution in [0.1, 0.15) is 57.3 Å². The van der Waals surface area contributed by atoms with E-state index in [1.807, 2.05) is 52.1 Å². The fourth-order valence-electron chi connectivity index (χ4n) is 1.81. The Labute approximate surface area is 123 Å². The number of carbonyl (C=O) groups excluding carboxylic acids is 1. The van der Waals surface area contributed by atoms with Crippen molar-refractivity contribution in [2.24, 2.45) is 4.99 Å². The van der Waals surface area contributed by atoms with Crippen molar-refractivity contribution in [3.8, 4) is 0 Å². The Morgan fingerprint density at radius 1 is 1.25 bits per heavy atom. The molecule has 0 spiro atoms. The van der Waals surface area contributed by atoms with Crippen molar-refractivity contribution in [1.29, 1.82) is 0 Å². The predicted octanol–water partition coefficient (Wildman–Crippen LogP) is 4.70. The molecule has 1 amide bonds. The first kappa shape index (κ1) is 18.4. The molecule has 0 saturated heterocycles. The van der Waals surface area contributed by atoms with Gasteiger partial charge >= 0.3 is 0 Å². The highest BCUT2D eigenvalue weighted by Gasteiger charge is 2.14. The lowest BCUT2D eigenvalue weighted by Gasteiger charge is -2.17. The monoisotopic (exact) mass is 276 g/mol. The fraction of sp³-hybridized carbons (Fsp3) is 0.529. The van der Waals surface area contributed by atoms with Gasteiger partial charge < -0.3 is 4.90 Å². The quantitative estimate of drug-likeness (QED) is 0.547. The van der Waals surface area contributed by atoms with Gasteiger partial charge in [0.2, 0.25) is 0 Å². The van der Waals surface area contributed by atoms with Gasteiger partial charge in [-0.3, -0.25) is 9.79 Å². The zero-order chi connectivity index (χ0) is 15.4. The second-order valence-corrected chi connectivity index (χ2v) is 4.34. The lowest BCUT2D eigenvalue weighted by Crippen LogP contribution is -2.27. The summed E-state index contributed by atoms with van der Waals surface area (Å²) < 4.78 is 0. The smallest absolute Gasteiger partial charge is 0.255 e. The first-order chi connectivity index (χ1) is 9.70. The molecule has 0 bridgehead atoms. The molecule has 0 aliphatic carbocycles. The number of para-hydroxylation sites is 1. The number of nitrogens with zero attached hydrogens (tertiary/aromatic N) is 2. The van der Waals surface area contributed by atoms with E-state index < -0.39 is 0 Å². The third-order valence-electron chi connectivity index (χ3n) is 2.85. The van der Waals surface area contributed by atoms with Crippen LogP contribution in [-0.4, -0.2) is 30.6 Å². The highest BCUT2D eigenvalue weighted by atomic mass is 16.2. The van der Waals surface area contributed by atoms with Crippen LogP contribution in [0.3, 0.4) is 0 Å². The molecule has 0 radical (unpaired) electrons. The summed E-state index contributed by atoms with van der Waals surface area (Å²) in [6.45, 7) is 8.82. The van der Waals surface area contributed by atoms with Crippen LogP contribution in [0.15, 0.2) is 29.3 Å². The summed E-state index contributed by atoms with van der Waals surface area (Å²) in [5.74, 6) is 0.0484. The maximum atomic E-state index is 12.3. The minimum atomic E-state index is 0.0484. The Bertz CT molecular complexity index is 413. The number of amides is 1. The molecule has 0 aromatic heterocycles. The highest BCUT2D eigenvalue weighted by Crippen LogP contribution is 2.19. The van der Waals surface area contributed by atoms with Gasteiger partial charge in [-0.25, -0.2) is 0 Å². The van der Waals surface area contributed by atoms with Crippen molar-refractivity contribution >= 4 is 17.8 Å². The van der Waals surface area contributed by atoms with Gasteiger partial charge in [-0.2, -0.15) is 0 Å². The van der Waals surface area contributed by atoms with Crippen LogP contribution in [0.25, 0.3) is 0 Å². The first-order valence-electron chi connectivity index (χ1n) is 7.53. The number of hydrogen-bond donors (Lipinski definition) is 0. The van der Waals surface area contributed by atoms with Crippen molar-refractivity contribution in [3.63, 3.8) is 0 Å². The zero-order valence-corrected chi connectivity index (χ0v) is 13.5. The number of rotatable bonds is 6. The van der Waals surface area contributed by atoms with Crippen LogP contribution in [0, 0.1) is 0 Å². The van der Waals surface area contributed by atoms with Crippen LogP contribution in [0.4, 0.5) is 5.69 Å². The molecule has 1 aromatic carbocycles. The summed E-state index contributed by atoms with van der Waals surface area (Å²) in [5, 5.41) is 0. The van der Waals surface area contributed by atoms with E-state index in [4.69, 9.17) is 0 Å². The lowest BCUT2D eigenvalue weighted by atomic mass is 10.1. The minimum absolute atomic E-state index is 0.0484. The second kappa shape index (κ2) is 11.2. The number of aliphatic imine (C=N–C) groups is 1. The molecule has 0 aliphatic heterocycles. The molecule has 0 atom stereocenters.